The van der Waals surface area contributed by atoms with Gasteiger partial charge in [0.15, 0.2) is 0 Å². The van der Waals surface area contributed by atoms with E-state index in [2.05, 4.69) is 10.6 Å². The molecule has 1 aromatic rings. The maximum atomic E-state index is 12.3. The maximum absolute atomic E-state index is 12.3. The summed E-state index contributed by atoms with van der Waals surface area (Å²) in [6, 6.07) is 5.58. The highest BCUT2D eigenvalue weighted by Crippen LogP contribution is 2.30. The number of hydrogen-bond acceptors (Lipinski definition) is 3. The molecule has 0 radical (unpaired) electrons. The summed E-state index contributed by atoms with van der Waals surface area (Å²) in [6.45, 7) is 4.09. The van der Waals surface area contributed by atoms with Gasteiger partial charge in [-0.25, -0.2) is 0 Å². The average molecular weight is 262 g/mol. The predicted molar refractivity (Wildman–Crippen MR) is 72.1 cm³/mol. The molecule has 0 saturated carbocycles. The lowest BCUT2D eigenvalue weighted by Crippen LogP contribution is -2.35. The number of rotatable bonds is 3. The van der Waals surface area contributed by atoms with Gasteiger partial charge >= 0.3 is 0 Å². The number of hydrogen-bond donors (Lipinski definition) is 2. The van der Waals surface area contributed by atoms with Gasteiger partial charge in [0.1, 0.15) is 5.75 Å². The van der Waals surface area contributed by atoms with Gasteiger partial charge in [-0.05, 0) is 31.5 Å². The second-order valence-electron chi connectivity index (χ2n) is 5.17. The molecule has 1 aliphatic rings. The summed E-state index contributed by atoms with van der Waals surface area (Å²) < 4.78 is 5.22. The highest BCUT2D eigenvalue weighted by atomic mass is 16.5. The Bertz CT molecular complexity index is 527. The van der Waals surface area contributed by atoms with E-state index in [9.17, 15) is 9.59 Å². The first-order valence-corrected chi connectivity index (χ1v) is 6.17. The Morgan fingerprint density at radius 3 is 2.79 bits per heavy atom. The van der Waals surface area contributed by atoms with Gasteiger partial charge in [0.25, 0.3) is 0 Å². The Labute approximate surface area is 112 Å². The molecule has 2 amide bonds. The van der Waals surface area contributed by atoms with Crippen LogP contribution in [0.2, 0.25) is 0 Å². The predicted octanol–water partition coefficient (Wildman–Crippen LogP) is 1.47. The van der Waals surface area contributed by atoms with E-state index in [0.717, 1.165) is 5.56 Å². The first-order valence-electron chi connectivity index (χ1n) is 6.17. The first-order chi connectivity index (χ1) is 8.94. The Morgan fingerprint density at radius 1 is 1.47 bits per heavy atom. The Hall–Kier alpha value is -2.04. The second-order valence-corrected chi connectivity index (χ2v) is 5.17. The van der Waals surface area contributed by atoms with E-state index >= 15 is 0 Å². The fraction of sp³-hybridized carbons (Fsp3) is 0.429. The van der Waals surface area contributed by atoms with E-state index in [1.165, 1.54) is 0 Å². The smallest absolute Gasteiger partial charge is 0.232 e. The SMILES string of the molecule is COc1ccc(C)cc1NC(=O)C1(C)CNC(=O)C1. The highest BCUT2D eigenvalue weighted by molar-refractivity contribution is 6.00. The number of carbonyl (C=O) groups excluding carboxylic acids is 2. The molecule has 5 nitrogen and oxygen atoms in total. The van der Waals surface area contributed by atoms with Crippen molar-refractivity contribution in [2.75, 3.05) is 19.0 Å². The largest absolute Gasteiger partial charge is 0.495 e. The number of nitrogens with one attached hydrogen (secondary N) is 2. The third kappa shape index (κ3) is 2.70. The van der Waals surface area contributed by atoms with Crippen molar-refractivity contribution in [2.24, 2.45) is 5.41 Å². The summed E-state index contributed by atoms with van der Waals surface area (Å²) in [6.07, 6.45) is 0.215. The maximum Gasteiger partial charge on any atom is 0.232 e. The molecule has 2 N–H and O–H groups in total. The summed E-state index contributed by atoms with van der Waals surface area (Å²) in [7, 11) is 1.56. The van der Waals surface area contributed by atoms with Crippen LogP contribution in [0.4, 0.5) is 5.69 Å². The molecule has 0 aromatic heterocycles. The lowest BCUT2D eigenvalue weighted by Gasteiger charge is -2.21. The molecule has 2 rings (SSSR count). The van der Waals surface area contributed by atoms with Crippen LogP contribution in [0.3, 0.4) is 0 Å². The number of amides is 2. The van der Waals surface area contributed by atoms with Gasteiger partial charge in [-0.15, -0.1) is 0 Å². The Kier molecular flexibility index (Phi) is 3.46. The topological polar surface area (TPSA) is 67.4 Å². The average Bonchev–Trinajstić information content (AvgIpc) is 2.71. The van der Waals surface area contributed by atoms with Crippen molar-refractivity contribution in [3.05, 3.63) is 23.8 Å². The minimum atomic E-state index is -0.703. The molecule has 1 atom stereocenters. The Morgan fingerprint density at radius 2 is 2.21 bits per heavy atom. The fourth-order valence-corrected chi connectivity index (χ4v) is 2.13. The summed E-state index contributed by atoms with van der Waals surface area (Å²) >= 11 is 0. The number of aryl methyl sites for hydroxylation is 1. The van der Waals surface area contributed by atoms with Crippen LogP contribution in [-0.2, 0) is 9.59 Å². The highest BCUT2D eigenvalue weighted by Gasteiger charge is 2.40. The van der Waals surface area contributed by atoms with Crippen LogP contribution < -0.4 is 15.4 Å². The van der Waals surface area contributed by atoms with Gasteiger partial charge in [-0.2, -0.15) is 0 Å². The molecule has 0 spiro atoms. The molecule has 102 valence electrons. The summed E-state index contributed by atoms with van der Waals surface area (Å²) in [5.74, 6) is 0.350. The van der Waals surface area contributed by atoms with E-state index in [0.29, 0.717) is 18.0 Å². The van der Waals surface area contributed by atoms with Gasteiger partial charge in [0, 0.05) is 13.0 Å². The van der Waals surface area contributed by atoms with Gasteiger partial charge in [0.05, 0.1) is 18.2 Å². The van der Waals surface area contributed by atoms with Crippen LogP contribution in [0.1, 0.15) is 18.9 Å². The van der Waals surface area contributed by atoms with Crippen molar-refractivity contribution < 1.29 is 14.3 Å². The number of ether oxygens (including phenoxy) is 1. The van der Waals surface area contributed by atoms with Crippen molar-refractivity contribution in [1.29, 1.82) is 0 Å². The van der Waals surface area contributed by atoms with Crippen LogP contribution >= 0.6 is 0 Å². The van der Waals surface area contributed by atoms with Crippen LogP contribution in [0.5, 0.6) is 5.75 Å². The lowest BCUT2D eigenvalue weighted by molar-refractivity contribution is -0.126. The molecule has 1 unspecified atom stereocenters. The second kappa shape index (κ2) is 4.91. The quantitative estimate of drug-likeness (QED) is 0.866. The summed E-state index contributed by atoms with van der Waals surface area (Å²) in [5, 5.41) is 5.53. The van der Waals surface area contributed by atoms with Gasteiger partial charge in [-0.1, -0.05) is 6.07 Å². The normalized spacial score (nSPS) is 21.9. The van der Waals surface area contributed by atoms with Gasteiger partial charge < -0.3 is 15.4 Å². The van der Waals surface area contributed by atoms with E-state index in [4.69, 9.17) is 4.74 Å². The van der Waals surface area contributed by atoms with Crippen molar-refractivity contribution in [2.45, 2.75) is 20.3 Å². The number of anilines is 1. The zero-order valence-corrected chi connectivity index (χ0v) is 11.4. The van der Waals surface area contributed by atoms with Crippen LogP contribution in [0.25, 0.3) is 0 Å². The molecule has 0 aliphatic carbocycles. The van der Waals surface area contributed by atoms with Crippen molar-refractivity contribution in [3.63, 3.8) is 0 Å². The van der Waals surface area contributed by atoms with E-state index < -0.39 is 5.41 Å². The van der Waals surface area contributed by atoms with Gasteiger partial charge in [0.2, 0.25) is 11.8 Å². The summed E-state index contributed by atoms with van der Waals surface area (Å²) in [4.78, 5) is 23.6. The van der Waals surface area contributed by atoms with E-state index in [1.807, 2.05) is 25.1 Å². The van der Waals surface area contributed by atoms with Crippen LogP contribution in [0, 0.1) is 12.3 Å². The number of carbonyl (C=O) groups is 2. The Balaban J connectivity index is 2.19. The molecule has 1 aliphatic heterocycles. The fourth-order valence-electron chi connectivity index (χ4n) is 2.13. The minimum Gasteiger partial charge on any atom is -0.495 e. The molecule has 19 heavy (non-hydrogen) atoms. The molecule has 0 bridgehead atoms. The lowest BCUT2D eigenvalue weighted by atomic mass is 9.88. The molecule has 5 heteroatoms. The molecule has 1 saturated heterocycles. The first kappa shape index (κ1) is 13.4. The molecular weight excluding hydrogens is 244 g/mol. The summed E-state index contributed by atoms with van der Waals surface area (Å²) in [5.41, 5.74) is 0.959. The van der Waals surface area contributed by atoms with Crippen LogP contribution in [-0.4, -0.2) is 25.5 Å². The van der Waals surface area contributed by atoms with Crippen molar-refractivity contribution in [3.8, 4) is 5.75 Å². The molecule has 1 fully saturated rings. The number of methoxy groups -OCH3 is 1. The third-order valence-corrected chi connectivity index (χ3v) is 3.38. The third-order valence-electron chi connectivity index (χ3n) is 3.38. The van der Waals surface area contributed by atoms with E-state index in [1.54, 1.807) is 14.0 Å². The van der Waals surface area contributed by atoms with Crippen molar-refractivity contribution >= 4 is 17.5 Å². The zero-order valence-electron chi connectivity index (χ0n) is 11.4. The monoisotopic (exact) mass is 262 g/mol. The standard InChI is InChI=1S/C14H18N2O3/c1-9-4-5-11(19-3)10(6-9)16-13(18)14(2)7-12(17)15-8-14/h4-6H,7-8H2,1-3H3,(H,15,17)(H,16,18). The van der Waals surface area contributed by atoms with Crippen LogP contribution in [0.15, 0.2) is 18.2 Å². The molecule has 1 heterocycles. The van der Waals surface area contributed by atoms with Crippen molar-refractivity contribution in [1.82, 2.24) is 5.32 Å². The molecular formula is C14H18N2O3. The zero-order chi connectivity index (χ0) is 14.0. The minimum absolute atomic E-state index is 0.0890. The number of benzene rings is 1. The molecule has 1 aromatic carbocycles. The van der Waals surface area contributed by atoms with E-state index in [-0.39, 0.29) is 18.2 Å². The van der Waals surface area contributed by atoms with Gasteiger partial charge in [-0.3, -0.25) is 9.59 Å².